The van der Waals surface area contributed by atoms with Gasteiger partial charge < -0.3 is 25.9 Å². The minimum absolute atomic E-state index is 0.162. The van der Waals surface area contributed by atoms with Gasteiger partial charge in [-0.05, 0) is 23.6 Å². The van der Waals surface area contributed by atoms with E-state index in [0.29, 0.717) is 6.42 Å². The SMILES string of the molecule is NC(=O)C(Cc1c[nH]c2ccccc12)OC(=O)NC(CO)Cc1ccccc1. The summed E-state index contributed by atoms with van der Waals surface area (Å²) in [5.74, 6) is -0.732. The lowest BCUT2D eigenvalue weighted by atomic mass is 10.1. The molecule has 0 radical (unpaired) electrons. The highest BCUT2D eigenvalue weighted by molar-refractivity contribution is 5.86. The molecule has 2 aromatic carbocycles. The fraction of sp³-hybridized carbons (Fsp3) is 0.238. The van der Waals surface area contributed by atoms with Crippen molar-refractivity contribution >= 4 is 22.9 Å². The van der Waals surface area contributed by atoms with Crippen LogP contribution in [0, 0.1) is 0 Å². The minimum Gasteiger partial charge on any atom is -0.436 e. The number of ether oxygens (including phenoxy) is 1. The summed E-state index contributed by atoms with van der Waals surface area (Å²) >= 11 is 0. The molecule has 0 aliphatic rings. The number of nitrogens with two attached hydrogens (primary N) is 1. The Morgan fingerprint density at radius 1 is 1.07 bits per heavy atom. The van der Waals surface area contributed by atoms with Crippen LogP contribution >= 0.6 is 0 Å². The van der Waals surface area contributed by atoms with Crippen LogP contribution < -0.4 is 11.1 Å². The van der Waals surface area contributed by atoms with Crippen LogP contribution in [0.25, 0.3) is 10.9 Å². The second kappa shape index (κ2) is 9.05. The van der Waals surface area contributed by atoms with Crippen molar-refractivity contribution in [2.75, 3.05) is 6.61 Å². The lowest BCUT2D eigenvalue weighted by Gasteiger charge is -2.19. The Hall–Kier alpha value is -3.32. The van der Waals surface area contributed by atoms with E-state index in [1.165, 1.54) is 0 Å². The summed E-state index contributed by atoms with van der Waals surface area (Å²) in [5, 5.41) is 13.1. The Morgan fingerprint density at radius 2 is 1.79 bits per heavy atom. The quantitative estimate of drug-likeness (QED) is 0.477. The number of rotatable bonds is 8. The van der Waals surface area contributed by atoms with Crippen molar-refractivity contribution in [3.05, 3.63) is 71.9 Å². The predicted octanol–water partition coefficient (Wildman–Crippen LogP) is 1.89. The second-order valence-corrected chi connectivity index (χ2v) is 6.57. The number of hydrogen-bond acceptors (Lipinski definition) is 4. The monoisotopic (exact) mass is 381 g/mol. The van der Waals surface area contributed by atoms with Crippen LogP contribution in [0.2, 0.25) is 0 Å². The molecule has 0 aliphatic heterocycles. The Labute approximate surface area is 162 Å². The van der Waals surface area contributed by atoms with Gasteiger partial charge in [-0.15, -0.1) is 0 Å². The molecule has 2 atom stereocenters. The number of amides is 2. The summed E-state index contributed by atoms with van der Waals surface area (Å²) in [6, 6.07) is 16.6. The van der Waals surface area contributed by atoms with E-state index in [2.05, 4.69) is 10.3 Å². The molecule has 2 amide bonds. The van der Waals surface area contributed by atoms with Crippen molar-refractivity contribution in [3.8, 4) is 0 Å². The number of aromatic amines is 1. The molecule has 0 saturated heterocycles. The molecule has 0 fully saturated rings. The lowest BCUT2D eigenvalue weighted by molar-refractivity contribution is -0.126. The molecule has 7 heteroatoms. The fourth-order valence-corrected chi connectivity index (χ4v) is 3.09. The summed E-state index contributed by atoms with van der Waals surface area (Å²) in [7, 11) is 0. The maximum atomic E-state index is 12.2. The third-order valence-electron chi connectivity index (χ3n) is 4.51. The third-order valence-corrected chi connectivity index (χ3v) is 4.51. The molecule has 2 unspecified atom stereocenters. The number of aliphatic hydroxyl groups excluding tert-OH is 1. The van der Waals surface area contributed by atoms with Gasteiger partial charge in [0.05, 0.1) is 12.6 Å². The zero-order chi connectivity index (χ0) is 19.9. The van der Waals surface area contributed by atoms with Gasteiger partial charge in [0.15, 0.2) is 6.10 Å². The molecule has 0 spiro atoms. The van der Waals surface area contributed by atoms with Gasteiger partial charge in [-0.3, -0.25) is 4.79 Å². The first kappa shape index (κ1) is 19.4. The molecular formula is C21H23N3O4. The van der Waals surface area contributed by atoms with Crippen LogP contribution in [0.5, 0.6) is 0 Å². The van der Waals surface area contributed by atoms with Crippen molar-refractivity contribution in [2.24, 2.45) is 5.73 Å². The van der Waals surface area contributed by atoms with Gasteiger partial charge in [0.2, 0.25) is 0 Å². The number of aliphatic hydroxyl groups is 1. The van der Waals surface area contributed by atoms with Gasteiger partial charge in [0.25, 0.3) is 5.91 Å². The summed E-state index contributed by atoms with van der Waals surface area (Å²) in [4.78, 5) is 27.2. The third kappa shape index (κ3) is 4.89. The van der Waals surface area contributed by atoms with Gasteiger partial charge in [-0.25, -0.2) is 4.79 Å². The number of H-pyrrole nitrogens is 1. The van der Waals surface area contributed by atoms with Gasteiger partial charge in [0.1, 0.15) is 0 Å². The van der Waals surface area contributed by atoms with Gasteiger partial charge in [-0.2, -0.15) is 0 Å². The Kier molecular flexibility index (Phi) is 6.29. The van der Waals surface area contributed by atoms with E-state index >= 15 is 0 Å². The Balaban J connectivity index is 1.63. The number of alkyl carbamates (subject to hydrolysis) is 1. The number of carbonyl (C=O) groups excluding carboxylic acids is 2. The van der Waals surface area contributed by atoms with Gasteiger partial charge in [-0.1, -0.05) is 48.5 Å². The number of para-hydroxylation sites is 1. The fourth-order valence-electron chi connectivity index (χ4n) is 3.09. The van der Waals surface area contributed by atoms with Crippen LogP contribution in [0.1, 0.15) is 11.1 Å². The first-order valence-electron chi connectivity index (χ1n) is 9.03. The molecule has 3 aromatic rings. The molecule has 0 saturated carbocycles. The number of primary amides is 1. The van der Waals surface area contributed by atoms with E-state index in [9.17, 15) is 14.7 Å². The number of fused-ring (bicyclic) bond motifs is 1. The van der Waals surface area contributed by atoms with E-state index in [1.807, 2.05) is 54.6 Å². The van der Waals surface area contributed by atoms with Crippen molar-refractivity contribution < 1.29 is 19.4 Å². The first-order chi connectivity index (χ1) is 13.6. The molecular weight excluding hydrogens is 358 g/mol. The van der Waals surface area contributed by atoms with E-state index < -0.39 is 24.1 Å². The van der Waals surface area contributed by atoms with E-state index in [1.54, 1.807) is 6.20 Å². The number of aromatic nitrogens is 1. The minimum atomic E-state index is -1.12. The van der Waals surface area contributed by atoms with Crippen molar-refractivity contribution in [2.45, 2.75) is 25.0 Å². The van der Waals surface area contributed by atoms with Crippen LogP contribution in [0.15, 0.2) is 60.8 Å². The van der Waals surface area contributed by atoms with Gasteiger partial charge in [0, 0.05) is 23.5 Å². The lowest BCUT2D eigenvalue weighted by Crippen LogP contribution is -2.44. The first-order valence-corrected chi connectivity index (χ1v) is 9.03. The van der Waals surface area contributed by atoms with E-state index in [-0.39, 0.29) is 13.0 Å². The molecule has 1 aromatic heterocycles. The highest BCUT2D eigenvalue weighted by Gasteiger charge is 2.23. The highest BCUT2D eigenvalue weighted by Crippen LogP contribution is 2.20. The second-order valence-electron chi connectivity index (χ2n) is 6.57. The molecule has 146 valence electrons. The maximum Gasteiger partial charge on any atom is 0.408 e. The maximum absolute atomic E-state index is 12.2. The topological polar surface area (TPSA) is 117 Å². The molecule has 3 rings (SSSR count). The number of carbonyl (C=O) groups is 2. The van der Waals surface area contributed by atoms with Crippen molar-refractivity contribution in [1.82, 2.24) is 10.3 Å². The largest absolute Gasteiger partial charge is 0.436 e. The van der Waals surface area contributed by atoms with E-state index in [0.717, 1.165) is 22.0 Å². The normalized spacial score (nSPS) is 13.0. The summed E-state index contributed by atoms with van der Waals surface area (Å²) < 4.78 is 5.25. The number of benzene rings is 2. The summed E-state index contributed by atoms with van der Waals surface area (Å²) in [6.45, 7) is -0.256. The average molecular weight is 381 g/mol. The van der Waals surface area contributed by atoms with E-state index in [4.69, 9.17) is 10.5 Å². The van der Waals surface area contributed by atoms with Crippen LogP contribution in [0.3, 0.4) is 0 Å². The predicted molar refractivity (Wildman–Crippen MR) is 106 cm³/mol. The Bertz CT molecular complexity index is 939. The zero-order valence-corrected chi connectivity index (χ0v) is 15.3. The van der Waals surface area contributed by atoms with Gasteiger partial charge >= 0.3 is 6.09 Å². The van der Waals surface area contributed by atoms with Crippen LogP contribution in [-0.2, 0) is 22.4 Å². The number of hydrogen-bond donors (Lipinski definition) is 4. The Morgan fingerprint density at radius 3 is 2.50 bits per heavy atom. The summed E-state index contributed by atoms with van der Waals surface area (Å²) in [6.07, 6.45) is 0.466. The number of nitrogens with one attached hydrogen (secondary N) is 2. The molecule has 0 bridgehead atoms. The highest BCUT2D eigenvalue weighted by atomic mass is 16.6. The average Bonchev–Trinajstić information content (AvgIpc) is 3.10. The molecule has 1 heterocycles. The van der Waals surface area contributed by atoms with Crippen LogP contribution in [0.4, 0.5) is 4.79 Å². The molecule has 28 heavy (non-hydrogen) atoms. The van der Waals surface area contributed by atoms with Crippen LogP contribution in [-0.4, -0.2) is 40.8 Å². The molecule has 0 aliphatic carbocycles. The van der Waals surface area contributed by atoms with Crippen molar-refractivity contribution in [1.29, 1.82) is 0 Å². The molecule has 7 nitrogen and oxygen atoms in total. The standard InChI is InChI=1S/C21H23N3O4/c22-20(26)19(11-15-12-23-18-9-5-4-8-17(15)18)28-21(27)24-16(13-25)10-14-6-2-1-3-7-14/h1-9,12,16,19,23,25H,10-11,13H2,(H2,22,26)(H,24,27). The molecule has 5 N–H and O–H groups in total. The summed E-state index contributed by atoms with van der Waals surface area (Å²) in [5.41, 5.74) is 8.15. The smallest absolute Gasteiger partial charge is 0.408 e. The zero-order valence-electron chi connectivity index (χ0n) is 15.3. The van der Waals surface area contributed by atoms with Crippen molar-refractivity contribution in [3.63, 3.8) is 0 Å².